The van der Waals surface area contributed by atoms with Gasteiger partial charge < -0.3 is 20.1 Å². The number of aromatic nitrogens is 3. The number of hydrogen-bond donors (Lipinski definition) is 4. The van der Waals surface area contributed by atoms with Crippen molar-refractivity contribution in [2.75, 3.05) is 36.3 Å². The monoisotopic (exact) mass is 449 g/mol. The van der Waals surface area contributed by atoms with Crippen LogP contribution in [0, 0.1) is 5.82 Å². The molecule has 0 spiro atoms. The fraction of sp³-hybridized carbons (Fsp3) is 0.136. The zero-order valence-corrected chi connectivity index (χ0v) is 17.6. The van der Waals surface area contributed by atoms with Crippen molar-refractivity contribution in [1.82, 2.24) is 20.0 Å². The van der Waals surface area contributed by atoms with Crippen molar-refractivity contribution in [3.8, 4) is 11.5 Å². The predicted molar refractivity (Wildman–Crippen MR) is 121 cm³/mol. The van der Waals surface area contributed by atoms with Crippen LogP contribution in [-0.2, 0) is 0 Å². The van der Waals surface area contributed by atoms with E-state index in [1.54, 1.807) is 13.1 Å². The van der Waals surface area contributed by atoms with Crippen LogP contribution >= 0.6 is 0 Å². The summed E-state index contributed by atoms with van der Waals surface area (Å²) in [5.74, 6) is 0.747. The van der Waals surface area contributed by atoms with Gasteiger partial charge in [0.15, 0.2) is 17.1 Å². The van der Waals surface area contributed by atoms with Crippen LogP contribution in [0.25, 0.3) is 5.65 Å². The standard InChI is InChI=1S/C22H20FN7O3/c1-24-19-11-18(26-16-9-13(23)10-17-20(16)33-8-7-32-17)27-21-15(12-25-30(19)21)22(31)29-28-14-5-3-2-4-6-14/h2-6,9-12,24,28H,7-8H2,1H3,(H,26,27)(H,29,31). The second kappa shape index (κ2) is 8.54. The van der Waals surface area contributed by atoms with Crippen molar-refractivity contribution < 1.29 is 18.7 Å². The third-order valence-electron chi connectivity index (χ3n) is 4.94. The van der Waals surface area contributed by atoms with E-state index in [0.29, 0.717) is 47.7 Å². The Kier molecular flexibility index (Phi) is 5.27. The lowest BCUT2D eigenvalue weighted by Crippen LogP contribution is -2.29. The second-order valence-corrected chi connectivity index (χ2v) is 7.12. The molecule has 10 nitrogen and oxygen atoms in total. The Morgan fingerprint density at radius 3 is 2.76 bits per heavy atom. The number of fused-ring (bicyclic) bond motifs is 2. The molecule has 0 saturated carbocycles. The van der Waals surface area contributed by atoms with Gasteiger partial charge in [0.05, 0.1) is 17.6 Å². The first-order valence-corrected chi connectivity index (χ1v) is 10.2. The molecular formula is C22H20FN7O3. The summed E-state index contributed by atoms with van der Waals surface area (Å²) in [6.45, 7) is 0.693. The van der Waals surface area contributed by atoms with E-state index in [2.05, 4.69) is 31.6 Å². The zero-order chi connectivity index (χ0) is 22.8. The molecule has 0 fully saturated rings. The van der Waals surface area contributed by atoms with Gasteiger partial charge in [0.1, 0.15) is 36.2 Å². The van der Waals surface area contributed by atoms with Gasteiger partial charge in [0.2, 0.25) is 0 Å². The molecule has 0 saturated heterocycles. The van der Waals surface area contributed by atoms with Crippen LogP contribution in [0.1, 0.15) is 10.4 Å². The third-order valence-corrected chi connectivity index (χ3v) is 4.94. The molecule has 168 valence electrons. The highest BCUT2D eigenvalue weighted by atomic mass is 19.1. The van der Waals surface area contributed by atoms with E-state index >= 15 is 0 Å². The molecule has 0 atom stereocenters. The van der Waals surface area contributed by atoms with Crippen LogP contribution < -0.4 is 31.0 Å². The van der Waals surface area contributed by atoms with Crippen molar-refractivity contribution >= 4 is 34.6 Å². The maximum atomic E-state index is 14.1. The Morgan fingerprint density at radius 2 is 1.94 bits per heavy atom. The number of carbonyl (C=O) groups excluding carboxylic acids is 1. The quantitative estimate of drug-likeness (QED) is 0.332. The van der Waals surface area contributed by atoms with E-state index in [4.69, 9.17) is 9.47 Å². The summed E-state index contributed by atoms with van der Waals surface area (Å²) < 4.78 is 26.8. The number of hydrogen-bond acceptors (Lipinski definition) is 8. The fourth-order valence-corrected chi connectivity index (χ4v) is 3.43. The molecule has 2 aromatic carbocycles. The lowest BCUT2D eigenvalue weighted by atomic mass is 10.2. The lowest BCUT2D eigenvalue weighted by Gasteiger charge is -2.21. The highest BCUT2D eigenvalue weighted by molar-refractivity contribution is 6.00. The van der Waals surface area contributed by atoms with E-state index in [1.165, 1.54) is 22.8 Å². The molecule has 0 bridgehead atoms. The van der Waals surface area contributed by atoms with Crippen molar-refractivity contribution in [3.05, 3.63) is 66.1 Å². The number of anilines is 4. The Hall–Kier alpha value is -4.54. The molecule has 1 aliphatic heterocycles. The molecule has 0 radical (unpaired) electrons. The number of amides is 1. The number of hydrazine groups is 1. The first-order chi connectivity index (χ1) is 16.1. The number of rotatable bonds is 6. The minimum atomic E-state index is -0.479. The summed E-state index contributed by atoms with van der Waals surface area (Å²) in [6.07, 6.45) is 1.43. The first kappa shape index (κ1) is 20.4. The van der Waals surface area contributed by atoms with E-state index in [9.17, 15) is 9.18 Å². The first-order valence-electron chi connectivity index (χ1n) is 10.2. The van der Waals surface area contributed by atoms with Gasteiger partial charge in [0, 0.05) is 25.2 Å². The average molecular weight is 449 g/mol. The number of halogens is 1. The van der Waals surface area contributed by atoms with Crippen LogP contribution in [-0.4, -0.2) is 40.8 Å². The van der Waals surface area contributed by atoms with Gasteiger partial charge in [-0.3, -0.25) is 15.6 Å². The van der Waals surface area contributed by atoms with Gasteiger partial charge in [-0.05, 0) is 12.1 Å². The van der Waals surface area contributed by atoms with Crippen molar-refractivity contribution in [1.29, 1.82) is 0 Å². The van der Waals surface area contributed by atoms with Gasteiger partial charge in [-0.2, -0.15) is 9.61 Å². The summed E-state index contributed by atoms with van der Waals surface area (Å²) in [7, 11) is 1.72. The Morgan fingerprint density at radius 1 is 1.12 bits per heavy atom. The van der Waals surface area contributed by atoms with E-state index < -0.39 is 11.7 Å². The summed E-state index contributed by atoms with van der Waals surface area (Å²) in [5.41, 5.74) is 7.14. The number of benzene rings is 2. The molecule has 4 N–H and O–H groups in total. The van der Waals surface area contributed by atoms with Crippen molar-refractivity contribution in [3.63, 3.8) is 0 Å². The van der Waals surface area contributed by atoms with E-state index in [-0.39, 0.29) is 5.56 Å². The van der Waals surface area contributed by atoms with Gasteiger partial charge in [-0.1, -0.05) is 18.2 Å². The maximum absolute atomic E-state index is 14.1. The Bertz CT molecular complexity index is 1330. The number of para-hydroxylation sites is 1. The topological polar surface area (TPSA) is 114 Å². The Labute approximate surface area is 187 Å². The maximum Gasteiger partial charge on any atom is 0.275 e. The smallest absolute Gasteiger partial charge is 0.275 e. The minimum absolute atomic E-state index is 0.249. The molecule has 33 heavy (non-hydrogen) atoms. The number of ether oxygens (including phenoxy) is 2. The molecule has 0 aliphatic carbocycles. The van der Waals surface area contributed by atoms with Crippen LogP contribution in [0.15, 0.2) is 54.7 Å². The van der Waals surface area contributed by atoms with Gasteiger partial charge in [-0.15, -0.1) is 0 Å². The van der Waals surface area contributed by atoms with Crippen LogP contribution in [0.4, 0.5) is 27.4 Å². The molecule has 0 unspecified atom stereocenters. The van der Waals surface area contributed by atoms with E-state index in [0.717, 1.165) is 5.69 Å². The summed E-state index contributed by atoms with van der Waals surface area (Å²) in [4.78, 5) is 17.3. The van der Waals surface area contributed by atoms with Gasteiger partial charge in [-0.25, -0.2) is 9.37 Å². The lowest BCUT2D eigenvalue weighted by molar-refractivity contribution is 0.0964. The SMILES string of the molecule is CNc1cc(Nc2cc(F)cc3c2OCCO3)nc2c(C(=O)NNc3ccccc3)cnn12. The summed E-state index contributed by atoms with van der Waals surface area (Å²) in [6, 6.07) is 13.5. The summed E-state index contributed by atoms with van der Waals surface area (Å²) in [5, 5.41) is 10.4. The van der Waals surface area contributed by atoms with E-state index in [1.807, 2.05) is 30.3 Å². The highest BCUT2D eigenvalue weighted by Crippen LogP contribution is 2.40. The van der Waals surface area contributed by atoms with Gasteiger partial charge in [0.25, 0.3) is 5.91 Å². The normalized spacial score (nSPS) is 12.3. The molecular weight excluding hydrogens is 429 g/mol. The largest absolute Gasteiger partial charge is 0.486 e. The van der Waals surface area contributed by atoms with Crippen LogP contribution in [0.3, 0.4) is 0 Å². The van der Waals surface area contributed by atoms with Gasteiger partial charge >= 0.3 is 0 Å². The molecule has 2 aromatic heterocycles. The minimum Gasteiger partial charge on any atom is -0.486 e. The summed E-state index contributed by atoms with van der Waals surface area (Å²) >= 11 is 0. The molecule has 3 heterocycles. The molecule has 11 heteroatoms. The van der Waals surface area contributed by atoms with Crippen LogP contribution in [0.2, 0.25) is 0 Å². The van der Waals surface area contributed by atoms with Crippen LogP contribution in [0.5, 0.6) is 11.5 Å². The number of carbonyl (C=O) groups is 1. The second-order valence-electron chi connectivity index (χ2n) is 7.12. The Balaban J connectivity index is 1.47. The third kappa shape index (κ3) is 4.03. The molecule has 1 aliphatic rings. The number of nitrogens with one attached hydrogen (secondary N) is 4. The molecule has 1 amide bonds. The molecule has 5 rings (SSSR count). The number of nitrogens with zero attached hydrogens (tertiary/aromatic N) is 3. The van der Waals surface area contributed by atoms with Crippen molar-refractivity contribution in [2.24, 2.45) is 0 Å². The predicted octanol–water partition coefficient (Wildman–Crippen LogP) is 3.18. The molecule has 4 aromatic rings. The fourth-order valence-electron chi connectivity index (χ4n) is 3.43. The average Bonchev–Trinajstić information content (AvgIpc) is 3.26. The highest BCUT2D eigenvalue weighted by Gasteiger charge is 2.21. The zero-order valence-electron chi connectivity index (χ0n) is 17.6. The van der Waals surface area contributed by atoms with Crippen molar-refractivity contribution in [2.45, 2.75) is 0 Å².